The Morgan fingerprint density at radius 2 is 1.62 bits per heavy atom. The quantitative estimate of drug-likeness (QED) is 0.0784. The van der Waals surface area contributed by atoms with E-state index >= 15 is 0 Å². The number of nitrogens with one attached hydrogen (secondary N) is 3. The van der Waals surface area contributed by atoms with Crippen LogP contribution < -0.4 is 20.7 Å². The molecule has 79 heavy (non-hydrogen) atoms. The first-order chi connectivity index (χ1) is 37.6. The number of hydrogen-bond acceptors (Lipinski definition) is 12. The van der Waals surface area contributed by atoms with Crippen molar-refractivity contribution in [3.8, 4) is 16.2 Å². The Morgan fingerprint density at radius 1 is 0.911 bits per heavy atom. The van der Waals surface area contributed by atoms with E-state index in [-0.39, 0.29) is 65.4 Å². The van der Waals surface area contributed by atoms with Crippen LogP contribution in [0.2, 0.25) is 0 Å². The number of alkyl halides is 3. The van der Waals surface area contributed by atoms with Gasteiger partial charge in [-0.1, -0.05) is 51.1 Å². The predicted molar refractivity (Wildman–Crippen MR) is 294 cm³/mol. The zero-order valence-electron chi connectivity index (χ0n) is 45.9. The number of aromatic nitrogens is 4. The topological polar surface area (TPSA) is 204 Å². The first-order valence-electron chi connectivity index (χ1n) is 27.6. The number of nitrogens with zero attached hydrogens (tertiary/aromatic N) is 7. The minimum absolute atomic E-state index is 0.00202. The fourth-order valence-electron chi connectivity index (χ4n) is 11.9. The molecule has 9 rings (SSSR count). The summed E-state index contributed by atoms with van der Waals surface area (Å²) in [6.45, 7) is 13.6. The second-order valence-electron chi connectivity index (χ2n) is 23.3. The van der Waals surface area contributed by atoms with Crippen LogP contribution in [-0.2, 0) is 31.9 Å². The zero-order valence-corrected chi connectivity index (χ0v) is 46.7. The number of hydrogen-bond donors (Lipinski definition) is 4. The number of fused-ring (bicyclic) bond motifs is 1. The zero-order chi connectivity index (χ0) is 56.4. The number of piperidine rings is 2. The molecular formula is C58H73F3N10O7S. The predicted octanol–water partition coefficient (Wildman–Crippen LogP) is 8.41. The van der Waals surface area contributed by atoms with Crippen molar-refractivity contribution in [1.82, 2.24) is 45.1 Å². The number of ether oxygens (including phenoxy) is 1. The molecule has 6 heterocycles. The molecule has 3 saturated heterocycles. The number of anilines is 1. The molecule has 3 aromatic heterocycles. The number of likely N-dealkylation sites (tertiary alicyclic amines) is 3. The normalized spacial score (nSPS) is 20.3. The monoisotopic (exact) mass is 1110 g/mol. The number of rotatable bonds is 15. The Morgan fingerprint density at radius 3 is 2.27 bits per heavy atom. The van der Waals surface area contributed by atoms with Crippen molar-refractivity contribution in [1.29, 1.82) is 0 Å². The van der Waals surface area contributed by atoms with E-state index < -0.39 is 41.4 Å². The molecule has 4 fully saturated rings. The van der Waals surface area contributed by atoms with Gasteiger partial charge in [0.05, 0.1) is 53.1 Å². The molecule has 0 radical (unpaired) electrons. The lowest BCUT2D eigenvalue weighted by Crippen LogP contribution is -2.58. The number of β-amino-alcohol motifs (C(OH)–C–C–N with tert-alkyl or cyclic N) is 1. The highest BCUT2D eigenvalue weighted by Crippen LogP contribution is 2.47. The summed E-state index contributed by atoms with van der Waals surface area (Å²) in [5, 5.41) is 25.0. The number of aliphatic hydroxyl groups is 1. The van der Waals surface area contributed by atoms with Gasteiger partial charge in [0, 0.05) is 56.2 Å². The van der Waals surface area contributed by atoms with Gasteiger partial charge in [0.2, 0.25) is 23.6 Å². The van der Waals surface area contributed by atoms with E-state index in [1.54, 1.807) is 23.5 Å². The Hall–Kier alpha value is -6.45. The van der Waals surface area contributed by atoms with Gasteiger partial charge < -0.3 is 35.6 Å². The van der Waals surface area contributed by atoms with Gasteiger partial charge in [0.25, 0.3) is 5.91 Å². The standard InChI is InChI=1S/C58H73F3N10O7S/c1-35(38-10-12-39(13-11-38)50-36(2)62-34-79-50)63-54(76)46-29-42(72)32-71(46)55(77)51(56(3,4)5)66-52(74)40-14-19-57(20-15-40)21-26-69(27-22-57)49(73)33-68-23-16-37(17-24-68)18-25-70-31-41-28-45(47(78-6)30-44(41)67-70)65-53(75)43-8-7-9-48(64-43)58(59,60)61/h7-13,28,30-31,34-35,37,40,42,46,51,72H,14-27,29,32-33H2,1-6H3,(H,63,76)(H,65,75)(H,66,74)/t35-,42+,46-,51+/m0/s1. The minimum Gasteiger partial charge on any atom is -0.494 e. The fraction of sp³-hybridized carbons (Fsp3) is 0.552. The average molecular weight is 1110 g/mol. The molecule has 4 atom stereocenters. The summed E-state index contributed by atoms with van der Waals surface area (Å²) in [7, 11) is 1.43. The minimum atomic E-state index is -4.69. The molecule has 4 aliphatic rings. The summed E-state index contributed by atoms with van der Waals surface area (Å²) in [5.74, 6) is -1.05. The highest BCUT2D eigenvalue weighted by molar-refractivity contribution is 7.13. The maximum Gasteiger partial charge on any atom is 0.433 e. The van der Waals surface area contributed by atoms with Crippen molar-refractivity contribution in [3.05, 3.63) is 88.9 Å². The Balaban J connectivity index is 0.697. The van der Waals surface area contributed by atoms with E-state index in [2.05, 4.69) is 30.8 Å². The highest BCUT2D eigenvalue weighted by atomic mass is 32.1. The van der Waals surface area contributed by atoms with Crippen LogP contribution in [0.15, 0.2) is 66.3 Å². The van der Waals surface area contributed by atoms with Gasteiger partial charge in [-0.25, -0.2) is 9.97 Å². The number of aliphatic hydroxyl groups excluding tert-OH is 1. The SMILES string of the molecule is COc1cc2nn(CCC3CCN(CC(=O)N4CCC5(CCC(C(=O)N[C@H](C(=O)N6C[C@H](O)C[C@H]6C(=O)N[C@@H](C)c6ccc(-c7scnc7C)cc6)C(C)(C)C)CC5)CC4)CC3)cc2cc1NC(=O)c1cccc(C(F)(F)F)n1. The van der Waals surface area contributed by atoms with Crippen molar-refractivity contribution in [2.45, 2.75) is 136 Å². The lowest BCUT2D eigenvalue weighted by molar-refractivity contribution is -0.145. The maximum absolute atomic E-state index is 14.4. The summed E-state index contributed by atoms with van der Waals surface area (Å²) in [6.07, 6.45) is 4.10. The summed E-state index contributed by atoms with van der Waals surface area (Å²) in [6, 6.07) is 12.4. The molecule has 1 spiro atoms. The van der Waals surface area contributed by atoms with E-state index in [0.717, 1.165) is 97.3 Å². The summed E-state index contributed by atoms with van der Waals surface area (Å²) in [4.78, 5) is 83.5. The van der Waals surface area contributed by atoms with Crippen LogP contribution in [0.3, 0.4) is 0 Å². The highest BCUT2D eigenvalue weighted by Gasteiger charge is 2.47. The van der Waals surface area contributed by atoms with Crippen LogP contribution in [-0.4, -0.2) is 134 Å². The van der Waals surface area contributed by atoms with E-state index in [4.69, 9.17) is 9.84 Å². The van der Waals surface area contributed by atoms with Crippen LogP contribution >= 0.6 is 11.3 Å². The third-order valence-electron chi connectivity index (χ3n) is 16.9. The first-order valence-corrected chi connectivity index (χ1v) is 28.4. The Bertz CT molecular complexity index is 3000. The van der Waals surface area contributed by atoms with Crippen molar-refractivity contribution < 1.29 is 47.0 Å². The Labute approximate surface area is 463 Å². The van der Waals surface area contributed by atoms with Gasteiger partial charge in [-0.3, -0.25) is 33.6 Å². The number of benzene rings is 2. The van der Waals surface area contributed by atoms with Gasteiger partial charge in [-0.05, 0) is 131 Å². The number of halogens is 3. The second kappa shape index (κ2) is 23.7. The molecule has 1 saturated carbocycles. The molecule has 17 nitrogen and oxygen atoms in total. The van der Waals surface area contributed by atoms with Crippen molar-refractivity contribution in [2.24, 2.45) is 22.7 Å². The number of thiazole rings is 1. The van der Waals surface area contributed by atoms with Crippen LogP contribution in [0.4, 0.5) is 18.9 Å². The van der Waals surface area contributed by atoms with E-state index in [1.165, 1.54) is 18.1 Å². The van der Waals surface area contributed by atoms with Crippen molar-refractivity contribution in [2.75, 3.05) is 51.7 Å². The van der Waals surface area contributed by atoms with Crippen LogP contribution in [0.25, 0.3) is 21.3 Å². The van der Waals surface area contributed by atoms with Gasteiger partial charge in [-0.2, -0.15) is 18.3 Å². The lowest BCUT2D eigenvalue weighted by atomic mass is 9.65. The van der Waals surface area contributed by atoms with Crippen molar-refractivity contribution in [3.63, 3.8) is 0 Å². The number of pyridine rings is 1. The summed E-state index contributed by atoms with van der Waals surface area (Å²) >= 11 is 1.58. The molecule has 424 valence electrons. The molecule has 21 heteroatoms. The van der Waals surface area contributed by atoms with E-state index in [0.29, 0.717) is 56.2 Å². The van der Waals surface area contributed by atoms with Crippen molar-refractivity contribution >= 4 is 57.5 Å². The summed E-state index contributed by atoms with van der Waals surface area (Å²) in [5.41, 5.74) is 3.52. The summed E-state index contributed by atoms with van der Waals surface area (Å²) < 4.78 is 47.0. The van der Waals surface area contributed by atoms with Gasteiger partial charge >= 0.3 is 6.18 Å². The van der Waals surface area contributed by atoms with Gasteiger partial charge in [0.1, 0.15) is 29.2 Å². The molecule has 1 aliphatic carbocycles. The van der Waals surface area contributed by atoms with E-state index in [9.17, 15) is 42.3 Å². The molecule has 0 bridgehead atoms. The third-order valence-corrected chi connectivity index (χ3v) is 17.8. The molecule has 5 amide bonds. The molecular weight excluding hydrogens is 1040 g/mol. The number of methoxy groups -OCH3 is 1. The molecule has 4 N–H and O–H groups in total. The number of amides is 5. The number of carbonyl (C=O) groups excluding carboxylic acids is 5. The van der Waals surface area contributed by atoms with Crippen LogP contribution in [0.1, 0.15) is 125 Å². The fourth-order valence-corrected chi connectivity index (χ4v) is 12.7. The molecule has 2 aromatic carbocycles. The van der Waals surface area contributed by atoms with Gasteiger partial charge in [0.15, 0.2) is 0 Å². The lowest BCUT2D eigenvalue weighted by Gasteiger charge is -2.46. The van der Waals surface area contributed by atoms with Crippen LogP contribution in [0.5, 0.6) is 5.75 Å². The van der Waals surface area contributed by atoms with Crippen LogP contribution in [0, 0.1) is 29.6 Å². The molecule has 3 aliphatic heterocycles. The average Bonchev–Trinajstić information content (AvgIpc) is 4.18. The molecule has 0 unspecified atom stereocenters. The number of carbonyl (C=O) groups is 5. The first kappa shape index (κ1) is 57.2. The Kier molecular flexibility index (Phi) is 17.2. The second-order valence-corrected chi connectivity index (χ2v) is 24.2. The van der Waals surface area contributed by atoms with Gasteiger partial charge in [-0.15, -0.1) is 11.3 Å². The smallest absolute Gasteiger partial charge is 0.433 e. The van der Waals surface area contributed by atoms with E-state index in [1.807, 2.05) is 80.2 Å². The largest absolute Gasteiger partial charge is 0.494 e. The molecule has 5 aromatic rings. The maximum atomic E-state index is 14.4. The third kappa shape index (κ3) is 13.4. The number of aryl methyl sites for hydroxylation is 2.